The zero-order chi connectivity index (χ0) is 13.9. The molecule has 1 fully saturated rings. The van der Waals surface area contributed by atoms with E-state index in [9.17, 15) is 4.79 Å². The van der Waals surface area contributed by atoms with Gasteiger partial charge in [-0.1, -0.05) is 18.9 Å². The molecule has 106 valence electrons. The molecule has 2 aromatic heterocycles. The Morgan fingerprint density at radius 3 is 2.80 bits per heavy atom. The molecule has 0 aliphatic heterocycles. The summed E-state index contributed by atoms with van der Waals surface area (Å²) >= 11 is 4.98. The summed E-state index contributed by atoms with van der Waals surface area (Å²) in [6.45, 7) is 0. The molecule has 3 nitrogen and oxygen atoms in total. The van der Waals surface area contributed by atoms with E-state index < -0.39 is 0 Å². The summed E-state index contributed by atoms with van der Waals surface area (Å²) in [4.78, 5) is 13.6. The molecule has 20 heavy (non-hydrogen) atoms. The van der Waals surface area contributed by atoms with Crippen LogP contribution in [0.25, 0.3) is 0 Å². The van der Waals surface area contributed by atoms with Crippen LogP contribution in [0.2, 0.25) is 0 Å². The largest absolute Gasteiger partial charge is 0.457 e. The van der Waals surface area contributed by atoms with E-state index in [1.807, 2.05) is 6.07 Å². The summed E-state index contributed by atoms with van der Waals surface area (Å²) in [6, 6.07) is 5.96. The molecule has 1 N–H and O–H groups in total. The summed E-state index contributed by atoms with van der Waals surface area (Å²) in [6.07, 6.45) is 6.43. The van der Waals surface area contributed by atoms with Crippen LogP contribution in [0.1, 0.15) is 47.0 Å². The molecule has 1 aliphatic carbocycles. The van der Waals surface area contributed by atoms with Gasteiger partial charge in [-0.25, -0.2) is 0 Å². The molecule has 0 radical (unpaired) electrons. The first-order chi connectivity index (χ1) is 9.75. The smallest absolute Gasteiger partial charge is 0.256 e. The number of carbonyl (C=O) groups excluding carboxylic acids is 1. The Hall–Kier alpha value is -1.07. The third-order valence-corrected chi connectivity index (χ3v) is 5.44. The first-order valence-corrected chi connectivity index (χ1v) is 8.50. The fourth-order valence-electron chi connectivity index (χ4n) is 2.85. The van der Waals surface area contributed by atoms with Gasteiger partial charge in [0.05, 0.1) is 17.9 Å². The molecule has 0 spiro atoms. The zero-order valence-corrected chi connectivity index (χ0v) is 13.4. The van der Waals surface area contributed by atoms with Crippen LogP contribution in [-0.4, -0.2) is 5.91 Å². The molecule has 2 aromatic rings. The van der Waals surface area contributed by atoms with E-state index in [0.717, 1.165) is 0 Å². The van der Waals surface area contributed by atoms with E-state index in [1.165, 1.54) is 36.8 Å². The van der Waals surface area contributed by atoms with Crippen LogP contribution in [0, 0.1) is 5.92 Å². The van der Waals surface area contributed by atoms with Crippen LogP contribution in [-0.2, 0) is 0 Å². The second-order valence-corrected chi connectivity index (χ2v) is 6.82. The van der Waals surface area contributed by atoms with Gasteiger partial charge in [0.2, 0.25) is 0 Å². The van der Waals surface area contributed by atoms with Gasteiger partial charge >= 0.3 is 0 Å². The zero-order valence-electron chi connectivity index (χ0n) is 11.0. The maximum atomic E-state index is 12.4. The minimum absolute atomic E-state index is 0.0732. The first kappa shape index (κ1) is 13.9. The number of carbonyl (C=O) groups is 1. The Balaban J connectivity index is 1.80. The van der Waals surface area contributed by atoms with E-state index >= 15 is 0 Å². The van der Waals surface area contributed by atoms with Crippen LogP contribution < -0.4 is 5.32 Å². The Kier molecular flexibility index (Phi) is 4.27. The molecule has 2 heterocycles. The lowest BCUT2D eigenvalue weighted by molar-refractivity contribution is 0.0921. The van der Waals surface area contributed by atoms with Crippen LogP contribution >= 0.6 is 27.3 Å². The number of amides is 1. The lowest BCUT2D eigenvalue weighted by atomic mass is 9.96. The van der Waals surface area contributed by atoms with Crippen molar-refractivity contribution in [2.45, 2.75) is 31.7 Å². The standard InChI is InChI=1S/C15H16BrNO2S/c16-14-11(7-8-19-14)15(18)17-13(10-4-1-2-5-10)12-6-3-9-20-12/h3,6-10,13H,1-2,4-5H2,(H,17,18). The highest BCUT2D eigenvalue weighted by Gasteiger charge is 2.29. The predicted octanol–water partition coefficient (Wildman–Crippen LogP) is 4.76. The Labute approximate surface area is 130 Å². The van der Waals surface area contributed by atoms with Crippen molar-refractivity contribution < 1.29 is 9.21 Å². The molecule has 3 rings (SSSR count). The Morgan fingerprint density at radius 2 is 2.20 bits per heavy atom. The Bertz CT molecular complexity index is 572. The highest BCUT2D eigenvalue weighted by molar-refractivity contribution is 9.10. The molecule has 1 aliphatic rings. The third kappa shape index (κ3) is 2.83. The molecule has 1 saturated carbocycles. The van der Waals surface area contributed by atoms with Crippen molar-refractivity contribution in [2.24, 2.45) is 5.92 Å². The SMILES string of the molecule is O=C(NC(c1cccs1)C1CCCC1)c1ccoc1Br. The average Bonchev–Trinajstić information content (AvgIpc) is 3.18. The van der Waals surface area contributed by atoms with Gasteiger partial charge in [0.25, 0.3) is 5.91 Å². The second kappa shape index (κ2) is 6.14. The number of thiophene rings is 1. The van der Waals surface area contributed by atoms with Crippen molar-refractivity contribution in [3.63, 3.8) is 0 Å². The maximum Gasteiger partial charge on any atom is 0.256 e. The second-order valence-electron chi connectivity index (χ2n) is 5.12. The molecule has 1 unspecified atom stereocenters. The van der Waals surface area contributed by atoms with Crippen LogP contribution in [0.4, 0.5) is 0 Å². The van der Waals surface area contributed by atoms with Gasteiger partial charge in [-0.15, -0.1) is 11.3 Å². The number of furan rings is 1. The highest BCUT2D eigenvalue weighted by atomic mass is 79.9. The van der Waals surface area contributed by atoms with Gasteiger partial charge in [-0.05, 0) is 52.2 Å². The van der Waals surface area contributed by atoms with Gasteiger partial charge in [-0.3, -0.25) is 4.79 Å². The minimum Gasteiger partial charge on any atom is -0.457 e. The van der Waals surface area contributed by atoms with Crippen molar-refractivity contribution in [3.05, 3.63) is 45.0 Å². The van der Waals surface area contributed by atoms with Crippen molar-refractivity contribution in [1.29, 1.82) is 0 Å². The molecule has 0 saturated heterocycles. The number of nitrogens with one attached hydrogen (secondary N) is 1. The number of halogens is 1. The lowest BCUT2D eigenvalue weighted by Gasteiger charge is -2.23. The number of rotatable bonds is 4. The minimum atomic E-state index is -0.0732. The summed E-state index contributed by atoms with van der Waals surface area (Å²) in [5.74, 6) is 0.471. The highest BCUT2D eigenvalue weighted by Crippen LogP contribution is 2.37. The van der Waals surface area contributed by atoms with Gasteiger partial charge in [0.1, 0.15) is 0 Å². The fourth-order valence-corrected chi connectivity index (χ4v) is 4.14. The topological polar surface area (TPSA) is 42.2 Å². The van der Waals surface area contributed by atoms with E-state index in [4.69, 9.17) is 4.42 Å². The number of hydrogen-bond acceptors (Lipinski definition) is 3. The molecule has 1 atom stereocenters. The van der Waals surface area contributed by atoms with Crippen molar-refractivity contribution in [1.82, 2.24) is 5.32 Å². The van der Waals surface area contributed by atoms with Gasteiger partial charge < -0.3 is 9.73 Å². The quantitative estimate of drug-likeness (QED) is 0.860. The monoisotopic (exact) mass is 353 g/mol. The van der Waals surface area contributed by atoms with Crippen molar-refractivity contribution in [2.75, 3.05) is 0 Å². The summed E-state index contributed by atoms with van der Waals surface area (Å²) in [5.41, 5.74) is 0.560. The van der Waals surface area contributed by atoms with Gasteiger partial charge in [0, 0.05) is 4.88 Å². The normalized spacial score (nSPS) is 17.2. The number of hydrogen-bond donors (Lipinski definition) is 1. The van der Waals surface area contributed by atoms with E-state index in [-0.39, 0.29) is 11.9 Å². The van der Waals surface area contributed by atoms with E-state index in [0.29, 0.717) is 16.2 Å². The van der Waals surface area contributed by atoms with Crippen LogP contribution in [0.5, 0.6) is 0 Å². The Morgan fingerprint density at radius 1 is 1.40 bits per heavy atom. The first-order valence-electron chi connectivity index (χ1n) is 6.83. The van der Waals surface area contributed by atoms with Gasteiger partial charge in [-0.2, -0.15) is 0 Å². The van der Waals surface area contributed by atoms with E-state index in [1.54, 1.807) is 17.4 Å². The fraction of sp³-hybridized carbons (Fsp3) is 0.400. The predicted molar refractivity (Wildman–Crippen MR) is 82.9 cm³/mol. The molecule has 5 heteroatoms. The van der Waals surface area contributed by atoms with Gasteiger partial charge in [0.15, 0.2) is 4.67 Å². The average molecular weight is 354 g/mol. The van der Waals surface area contributed by atoms with Crippen LogP contribution in [0.3, 0.4) is 0 Å². The summed E-state index contributed by atoms with van der Waals surface area (Å²) in [5, 5.41) is 5.25. The van der Waals surface area contributed by atoms with Crippen molar-refractivity contribution in [3.8, 4) is 0 Å². The molecular formula is C15H16BrNO2S. The molecule has 0 aromatic carbocycles. The molecule has 0 bridgehead atoms. The summed E-state index contributed by atoms with van der Waals surface area (Å²) in [7, 11) is 0. The third-order valence-electron chi connectivity index (χ3n) is 3.87. The molecule has 1 amide bonds. The molecular weight excluding hydrogens is 338 g/mol. The van der Waals surface area contributed by atoms with Crippen LogP contribution in [0.15, 0.2) is 38.9 Å². The maximum absolute atomic E-state index is 12.4. The van der Waals surface area contributed by atoms with E-state index in [2.05, 4.69) is 32.7 Å². The van der Waals surface area contributed by atoms with Crippen molar-refractivity contribution >= 4 is 33.2 Å². The summed E-state index contributed by atoms with van der Waals surface area (Å²) < 4.78 is 5.63. The lowest BCUT2D eigenvalue weighted by Crippen LogP contribution is -2.32.